The predicted octanol–water partition coefficient (Wildman–Crippen LogP) is 1.62. The van der Waals surface area contributed by atoms with Crippen molar-refractivity contribution in [1.82, 2.24) is 14.9 Å². The highest BCUT2D eigenvalue weighted by Gasteiger charge is 2.28. The number of hydrogen-bond acceptors (Lipinski definition) is 6. The minimum atomic E-state index is 0.124. The lowest BCUT2D eigenvalue weighted by molar-refractivity contribution is -0.129. The van der Waals surface area contributed by atoms with Gasteiger partial charge in [-0.1, -0.05) is 13.8 Å². The van der Waals surface area contributed by atoms with Crippen molar-refractivity contribution in [3.8, 4) is 0 Å². The van der Waals surface area contributed by atoms with Gasteiger partial charge in [0.05, 0.1) is 12.6 Å². The molecular formula is C18H29N5O2. The van der Waals surface area contributed by atoms with Crippen LogP contribution in [0.2, 0.25) is 0 Å². The van der Waals surface area contributed by atoms with Crippen molar-refractivity contribution >= 4 is 17.5 Å². The molecule has 0 unspecified atom stereocenters. The number of carbonyl (C=O) groups is 1. The predicted molar refractivity (Wildman–Crippen MR) is 97.7 cm³/mol. The van der Waals surface area contributed by atoms with Crippen LogP contribution in [-0.4, -0.2) is 66.7 Å². The molecule has 0 bridgehead atoms. The fraction of sp³-hybridized carbons (Fsp3) is 0.722. The number of hydrogen-bond donors (Lipinski definition) is 1. The van der Waals surface area contributed by atoms with Crippen LogP contribution in [0.5, 0.6) is 0 Å². The van der Waals surface area contributed by atoms with Gasteiger partial charge in [0.25, 0.3) is 0 Å². The minimum Gasteiger partial charge on any atom is -0.378 e. The smallest absolute Gasteiger partial charge is 0.241 e. The molecule has 1 amide bonds. The maximum Gasteiger partial charge on any atom is 0.241 e. The maximum atomic E-state index is 11.9. The number of amides is 1. The van der Waals surface area contributed by atoms with Gasteiger partial charge in [-0.25, -0.2) is 9.97 Å². The van der Waals surface area contributed by atoms with E-state index in [0.29, 0.717) is 24.5 Å². The zero-order valence-electron chi connectivity index (χ0n) is 15.4. The van der Waals surface area contributed by atoms with Crippen LogP contribution in [0.15, 0.2) is 12.4 Å². The number of nitrogens with zero attached hydrogens (tertiary/aromatic N) is 4. The Morgan fingerprint density at radius 3 is 2.96 bits per heavy atom. The van der Waals surface area contributed by atoms with Crippen LogP contribution in [0, 0.1) is 11.8 Å². The molecule has 2 aliphatic rings. The van der Waals surface area contributed by atoms with Crippen LogP contribution >= 0.6 is 0 Å². The first kappa shape index (κ1) is 17.9. The number of rotatable bonds is 5. The van der Waals surface area contributed by atoms with E-state index in [0.717, 1.165) is 44.3 Å². The van der Waals surface area contributed by atoms with Crippen molar-refractivity contribution in [2.45, 2.75) is 32.8 Å². The average Bonchev–Trinajstić information content (AvgIpc) is 2.62. The van der Waals surface area contributed by atoms with E-state index in [1.54, 1.807) is 11.2 Å². The van der Waals surface area contributed by atoms with Gasteiger partial charge in [-0.2, -0.15) is 0 Å². The molecule has 138 valence electrons. The molecular weight excluding hydrogens is 318 g/mol. The Labute approximate surface area is 149 Å². The SMILES string of the molecule is CC(C)[C@H]1OCCC[C@@H]1CNc1cc(N2CCN(C)C(=O)C2)ncn1. The largest absolute Gasteiger partial charge is 0.378 e. The molecule has 2 aliphatic heterocycles. The second-order valence-electron chi connectivity index (χ2n) is 7.36. The fourth-order valence-corrected chi connectivity index (χ4v) is 3.63. The quantitative estimate of drug-likeness (QED) is 0.873. The first-order valence-electron chi connectivity index (χ1n) is 9.21. The summed E-state index contributed by atoms with van der Waals surface area (Å²) in [6, 6.07) is 1.94. The summed E-state index contributed by atoms with van der Waals surface area (Å²) < 4.78 is 5.96. The third kappa shape index (κ3) is 4.39. The van der Waals surface area contributed by atoms with Crippen molar-refractivity contribution in [1.29, 1.82) is 0 Å². The third-order valence-electron chi connectivity index (χ3n) is 5.13. The third-order valence-corrected chi connectivity index (χ3v) is 5.13. The Hall–Kier alpha value is -1.89. The molecule has 2 saturated heterocycles. The van der Waals surface area contributed by atoms with Gasteiger partial charge in [-0.05, 0) is 18.8 Å². The number of piperazine rings is 1. The topological polar surface area (TPSA) is 70.6 Å². The Morgan fingerprint density at radius 1 is 1.36 bits per heavy atom. The molecule has 3 heterocycles. The lowest BCUT2D eigenvalue weighted by atomic mass is 9.87. The van der Waals surface area contributed by atoms with Crippen LogP contribution < -0.4 is 10.2 Å². The first-order valence-corrected chi connectivity index (χ1v) is 9.21. The number of anilines is 2. The fourth-order valence-electron chi connectivity index (χ4n) is 3.63. The lowest BCUT2D eigenvalue weighted by Crippen LogP contribution is -2.48. The van der Waals surface area contributed by atoms with Crippen molar-refractivity contribution in [2.24, 2.45) is 11.8 Å². The molecule has 0 spiro atoms. The highest BCUT2D eigenvalue weighted by atomic mass is 16.5. The summed E-state index contributed by atoms with van der Waals surface area (Å²) in [5, 5.41) is 3.45. The standard InChI is InChI=1S/C18H29N5O2/c1-13(2)18-14(5-4-8-25-18)10-19-15-9-16(21-12-20-15)23-7-6-22(3)17(24)11-23/h9,12-14,18H,4-8,10-11H2,1-3H3,(H,19,20,21)/t14-,18-/m1/s1. The molecule has 2 fully saturated rings. The van der Waals surface area contributed by atoms with Gasteiger partial charge in [0.1, 0.15) is 18.0 Å². The van der Waals surface area contributed by atoms with E-state index in [9.17, 15) is 4.79 Å². The van der Waals surface area contributed by atoms with Gasteiger partial charge in [0, 0.05) is 45.3 Å². The molecule has 1 aromatic rings. The lowest BCUT2D eigenvalue weighted by Gasteiger charge is -2.35. The van der Waals surface area contributed by atoms with Crippen LogP contribution in [0.3, 0.4) is 0 Å². The van der Waals surface area contributed by atoms with Crippen molar-refractivity contribution < 1.29 is 9.53 Å². The molecule has 1 aromatic heterocycles. The molecule has 1 N–H and O–H groups in total. The highest BCUT2D eigenvalue weighted by molar-refractivity contribution is 5.82. The van der Waals surface area contributed by atoms with Gasteiger partial charge in [-0.3, -0.25) is 4.79 Å². The molecule has 25 heavy (non-hydrogen) atoms. The van der Waals surface area contributed by atoms with Crippen molar-refractivity contribution in [3.05, 3.63) is 12.4 Å². The summed E-state index contributed by atoms with van der Waals surface area (Å²) in [6.45, 7) is 8.05. The van der Waals surface area contributed by atoms with E-state index in [4.69, 9.17) is 4.74 Å². The first-order chi connectivity index (χ1) is 12.0. The summed E-state index contributed by atoms with van der Waals surface area (Å²) in [7, 11) is 1.84. The molecule has 3 rings (SSSR count). The number of nitrogens with one attached hydrogen (secondary N) is 1. The molecule has 0 saturated carbocycles. The molecule has 2 atom stereocenters. The summed E-state index contributed by atoms with van der Waals surface area (Å²) in [5.74, 6) is 2.75. The van der Waals surface area contributed by atoms with Crippen LogP contribution in [0.4, 0.5) is 11.6 Å². The number of aromatic nitrogens is 2. The second kappa shape index (κ2) is 7.99. The summed E-state index contributed by atoms with van der Waals surface area (Å²) >= 11 is 0. The summed E-state index contributed by atoms with van der Waals surface area (Å²) in [5.41, 5.74) is 0. The highest BCUT2D eigenvalue weighted by Crippen LogP contribution is 2.27. The Kier molecular flexibility index (Phi) is 5.73. The van der Waals surface area contributed by atoms with Crippen LogP contribution in [0.1, 0.15) is 26.7 Å². The number of likely N-dealkylation sites (N-methyl/N-ethyl adjacent to an activating group) is 1. The minimum absolute atomic E-state index is 0.124. The van der Waals surface area contributed by atoms with Crippen molar-refractivity contribution in [2.75, 3.05) is 50.1 Å². The Balaban J connectivity index is 1.61. The van der Waals surface area contributed by atoms with E-state index in [2.05, 4.69) is 29.1 Å². The zero-order chi connectivity index (χ0) is 17.8. The van der Waals surface area contributed by atoms with Gasteiger partial charge < -0.3 is 19.9 Å². The Bertz CT molecular complexity index is 595. The Morgan fingerprint density at radius 2 is 2.20 bits per heavy atom. The number of carbonyl (C=O) groups excluding carboxylic acids is 1. The molecule has 0 radical (unpaired) electrons. The van der Waals surface area contributed by atoms with Crippen molar-refractivity contribution in [3.63, 3.8) is 0 Å². The number of ether oxygens (including phenoxy) is 1. The van der Waals surface area contributed by atoms with E-state index in [1.807, 2.05) is 18.0 Å². The molecule has 7 nitrogen and oxygen atoms in total. The van der Waals surface area contributed by atoms with Gasteiger partial charge >= 0.3 is 0 Å². The monoisotopic (exact) mass is 347 g/mol. The van der Waals surface area contributed by atoms with Gasteiger partial charge in [0.2, 0.25) is 5.91 Å². The van der Waals surface area contributed by atoms with E-state index >= 15 is 0 Å². The van der Waals surface area contributed by atoms with E-state index in [-0.39, 0.29) is 5.91 Å². The normalized spacial score (nSPS) is 24.7. The summed E-state index contributed by atoms with van der Waals surface area (Å²) in [6.07, 6.45) is 4.17. The maximum absolute atomic E-state index is 11.9. The average molecular weight is 347 g/mol. The zero-order valence-corrected chi connectivity index (χ0v) is 15.4. The molecule has 0 aromatic carbocycles. The summed E-state index contributed by atoms with van der Waals surface area (Å²) in [4.78, 5) is 24.3. The van der Waals surface area contributed by atoms with Crippen LogP contribution in [-0.2, 0) is 9.53 Å². The molecule has 7 heteroatoms. The van der Waals surface area contributed by atoms with E-state index < -0.39 is 0 Å². The molecule has 0 aliphatic carbocycles. The van der Waals surface area contributed by atoms with E-state index in [1.165, 1.54) is 6.42 Å². The van der Waals surface area contributed by atoms with Gasteiger partial charge in [0.15, 0.2) is 0 Å². The van der Waals surface area contributed by atoms with Crippen LogP contribution in [0.25, 0.3) is 0 Å². The van der Waals surface area contributed by atoms with Gasteiger partial charge in [-0.15, -0.1) is 0 Å². The second-order valence-corrected chi connectivity index (χ2v) is 7.36.